The van der Waals surface area contributed by atoms with Crippen LogP contribution in [0.3, 0.4) is 0 Å². The van der Waals surface area contributed by atoms with Crippen LogP contribution in [0.1, 0.15) is 40.6 Å². The fourth-order valence-corrected chi connectivity index (χ4v) is 4.96. The summed E-state index contributed by atoms with van der Waals surface area (Å²) in [7, 11) is 0. The molecule has 0 unspecified atom stereocenters. The number of rotatable bonds is 3. The minimum Gasteiger partial charge on any atom is -0.507 e. The predicted molar refractivity (Wildman–Crippen MR) is 127 cm³/mol. The highest BCUT2D eigenvalue weighted by Crippen LogP contribution is 2.50. The summed E-state index contributed by atoms with van der Waals surface area (Å²) < 4.78 is 0.913. The molecule has 3 atom stereocenters. The van der Waals surface area contributed by atoms with E-state index in [2.05, 4.69) is 75.6 Å². The van der Waals surface area contributed by atoms with Gasteiger partial charge in [0.15, 0.2) is 0 Å². The van der Waals surface area contributed by atoms with E-state index in [9.17, 15) is 5.11 Å². The lowest BCUT2D eigenvalue weighted by Gasteiger charge is -2.37. The summed E-state index contributed by atoms with van der Waals surface area (Å²) in [6, 6.07) is 20.7. The molecule has 3 aromatic carbocycles. The van der Waals surface area contributed by atoms with Crippen LogP contribution in [0.4, 0.5) is 11.4 Å². The molecule has 0 radical (unpaired) electrons. The predicted octanol–water partition coefficient (Wildman–Crippen LogP) is 7.04. The van der Waals surface area contributed by atoms with Crippen molar-refractivity contribution in [3.63, 3.8) is 0 Å². The molecule has 5 rings (SSSR count). The molecular formula is C26H23BrN2O. The van der Waals surface area contributed by atoms with E-state index < -0.39 is 0 Å². The van der Waals surface area contributed by atoms with Crippen molar-refractivity contribution in [3.8, 4) is 5.75 Å². The molecule has 1 aliphatic carbocycles. The highest BCUT2D eigenvalue weighted by Gasteiger charge is 2.37. The van der Waals surface area contributed by atoms with Crippen LogP contribution in [-0.4, -0.2) is 11.3 Å². The van der Waals surface area contributed by atoms with E-state index in [-0.39, 0.29) is 11.8 Å². The molecule has 3 aromatic rings. The van der Waals surface area contributed by atoms with Crippen molar-refractivity contribution >= 4 is 33.5 Å². The van der Waals surface area contributed by atoms with Crippen LogP contribution >= 0.6 is 15.9 Å². The van der Waals surface area contributed by atoms with Gasteiger partial charge in [0.05, 0.1) is 11.7 Å². The largest absolute Gasteiger partial charge is 0.507 e. The van der Waals surface area contributed by atoms with Crippen LogP contribution in [0.2, 0.25) is 0 Å². The van der Waals surface area contributed by atoms with Gasteiger partial charge in [-0.3, -0.25) is 4.99 Å². The van der Waals surface area contributed by atoms with Gasteiger partial charge in [-0.1, -0.05) is 57.9 Å². The van der Waals surface area contributed by atoms with Gasteiger partial charge in [-0.25, -0.2) is 0 Å². The molecule has 1 aliphatic heterocycles. The second-order valence-electron chi connectivity index (χ2n) is 8.12. The van der Waals surface area contributed by atoms with Crippen molar-refractivity contribution < 1.29 is 5.11 Å². The van der Waals surface area contributed by atoms with E-state index >= 15 is 0 Å². The van der Waals surface area contributed by atoms with Crippen LogP contribution in [0.15, 0.2) is 82.3 Å². The van der Waals surface area contributed by atoms with Crippen molar-refractivity contribution in [1.29, 1.82) is 0 Å². The molecule has 30 heavy (non-hydrogen) atoms. The second-order valence-corrected chi connectivity index (χ2v) is 9.03. The minimum atomic E-state index is 0.221. The third-order valence-electron chi connectivity index (χ3n) is 6.11. The van der Waals surface area contributed by atoms with Crippen molar-refractivity contribution in [2.24, 2.45) is 10.9 Å². The summed E-state index contributed by atoms with van der Waals surface area (Å²) >= 11 is 3.43. The monoisotopic (exact) mass is 458 g/mol. The maximum Gasteiger partial charge on any atom is 0.124 e. The number of aryl methyl sites for hydroxylation is 1. The lowest BCUT2D eigenvalue weighted by molar-refractivity contribution is 0.425. The van der Waals surface area contributed by atoms with Gasteiger partial charge in [0.25, 0.3) is 0 Å². The Hall–Kier alpha value is -2.85. The van der Waals surface area contributed by atoms with Crippen molar-refractivity contribution in [2.45, 2.75) is 25.3 Å². The standard InChI is InChI=1S/C26H23BrN2O/c1-16-5-11-24-23(13-16)21-3-2-4-22(21)26(29-24)17-6-9-20(10-7-17)28-15-18-14-19(27)8-12-25(18)30/h2-3,5-15,21-22,26,29-30H,4H2,1H3/t21-,22-,26+/m1/s1. The smallest absolute Gasteiger partial charge is 0.124 e. The van der Waals surface area contributed by atoms with Gasteiger partial charge in [-0.15, -0.1) is 0 Å². The Morgan fingerprint density at radius 3 is 2.73 bits per heavy atom. The zero-order valence-electron chi connectivity index (χ0n) is 16.7. The molecule has 2 N–H and O–H groups in total. The average Bonchev–Trinajstić information content (AvgIpc) is 3.25. The summed E-state index contributed by atoms with van der Waals surface area (Å²) in [5.41, 5.74) is 6.81. The second kappa shape index (κ2) is 7.77. The first-order valence-electron chi connectivity index (χ1n) is 10.2. The summed E-state index contributed by atoms with van der Waals surface area (Å²) in [5.74, 6) is 1.23. The van der Waals surface area contributed by atoms with Crippen LogP contribution in [0, 0.1) is 12.8 Å². The van der Waals surface area contributed by atoms with Gasteiger partial charge in [-0.05, 0) is 66.8 Å². The van der Waals surface area contributed by atoms with E-state index in [0.717, 1.165) is 16.6 Å². The van der Waals surface area contributed by atoms with Gasteiger partial charge in [0.1, 0.15) is 5.75 Å². The molecule has 4 heteroatoms. The number of anilines is 1. The van der Waals surface area contributed by atoms with E-state index in [0.29, 0.717) is 17.4 Å². The number of phenols is 1. The highest BCUT2D eigenvalue weighted by atomic mass is 79.9. The van der Waals surface area contributed by atoms with Crippen molar-refractivity contribution in [2.75, 3.05) is 5.32 Å². The summed E-state index contributed by atoms with van der Waals surface area (Å²) in [6.07, 6.45) is 7.49. The number of phenolic OH excluding ortho intramolecular Hbond substituents is 1. The molecule has 3 nitrogen and oxygen atoms in total. The number of benzene rings is 3. The number of hydrogen-bond donors (Lipinski definition) is 2. The number of nitrogens with one attached hydrogen (secondary N) is 1. The number of aromatic hydroxyl groups is 1. The molecule has 0 amide bonds. The Labute approximate surface area is 185 Å². The van der Waals surface area contributed by atoms with Crippen LogP contribution in [0.25, 0.3) is 0 Å². The van der Waals surface area contributed by atoms with E-state index in [1.54, 1.807) is 12.3 Å². The average molecular weight is 459 g/mol. The van der Waals surface area contributed by atoms with E-state index in [4.69, 9.17) is 0 Å². The number of aliphatic imine (C=N–C) groups is 1. The van der Waals surface area contributed by atoms with Gasteiger partial charge >= 0.3 is 0 Å². The number of allylic oxidation sites excluding steroid dienone is 2. The van der Waals surface area contributed by atoms with Crippen molar-refractivity contribution in [1.82, 2.24) is 0 Å². The number of hydrogen-bond acceptors (Lipinski definition) is 3. The van der Waals surface area contributed by atoms with Gasteiger partial charge in [0, 0.05) is 27.9 Å². The molecule has 1 heterocycles. The first-order chi connectivity index (χ1) is 14.6. The zero-order chi connectivity index (χ0) is 20.7. The normalized spacial score (nSPS) is 22.0. The molecule has 0 fully saturated rings. The molecule has 0 saturated heterocycles. The molecular weight excluding hydrogens is 436 g/mol. The Balaban J connectivity index is 1.40. The Kier molecular flexibility index (Phi) is 4.95. The van der Waals surface area contributed by atoms with Crippen molar-refractivity contribution in [3.05, 3.63) is 99.5 Å². The molecule has 0 bridgehead atoms. The SMILES string of the molecule is Cc1ccc2c(c1)[C@@H]1C=CC[C@H]1[C@H](c1ccc(N=Cc3cc(Br)ccc3O)cc1)N2. The topological polar surface area (TPSA) is 44.6 Å². The molecule has 150 valence electrons. The third kappa shape index (κ3) is 3.56. The lowest BCUT2D eigenvalue weighted by Crippen LogP contribution is -2.29. The number of nitrogens with zero attached hydrogens (tertiary/aromatic N) is 1. The van der Waals surface area contributed by atoms with Gasteiger partial charge < -0.3 is 10.4 Å². The van der Waals surface area contributed by atoms with Crippen LogP contribution in [-0.2, 0) is 0 Å². The van der Waals surface area contributed by atoms with E-state index in [1.807, 2.05) is 24.3 Å². The summed E-state index contributed by atoms with van der Waals surface area (Å²) in [4.78, 5) is 4.54. The van der Waals surface area contributed by atoms with E-state index in [1.165, 1.54) is 22.4 Å². The Morgan fingerprint density at radius 1 is 1.07 bits per heavy atom. The number of fused-ring (bicyclic) bond motifs is 3. The first-order valence-corrected chi connectivity index (χ1v) is 11.0. The summed E-state index contributed by atoms with van der Waals surface area (Å²) in [6.45, 7) is 2.16. The molecule has 0 aromatic heterocycles. The lowest BCUT2D eigenvalue weighted by atomic mass is 9.76. The van der Waals surface area contributed by atoms with Gasteiger partial charge in [0.2, 0.25) is 0 Å². The summed E-state index contributed by atoms with van der Waals surface area (Å²) in [5, 5.41) is 13.8. The highest BCUT2D eigenvalue weighted by molar-refractivity contribution is 9.10. The third-order valence-corrected chi connectivity index (χ3v) is 6.61. The molecule has 2 aliphatic rings. The minimum absolute atomic E-state index is 0.221. The number of halogens is 1. The first kappa shape index (κ1) is 19.1. The Morgan fingerprint density at radius 2 is 1.90 bits per heavy atom. The fourth-order valence-electron chi connectivity index (χ4n) is 4.58. The molecule has 0 saturated carbocycles. The van der Waals surface area contributed by atoms with Gasteiger partial charge in [-0.2, -0.15) is 0 Å². The quantitative estimate of drug-likeness (QED) is 0.326. The molecule has 0 spiro atoms. The maximum absolute atomic E-state index is 9.99. The maximum atomic E-state index is 9.99. The van der Waals surface area contributed by atoms with Crippen LogP contribution < -0.4 is 5.32 Å². The zero-order valence-corrected chi connectivity index (χ0v) is 18.3. The Bertz CT molecular complexity index is 1150. The van der Waals surface area contributed by atoms with Crippen LogP contribution in [0.5, 0.6) is 5.75 Å². The fraction of sp³-hybridized carbons (Fsp3) is 0.192.